The number of sulfonamides is 1. The van der Waals surface area contributed by atoms with Crippen LogP contribution in [0, 0.1) is 0 Å². The van der Waals surface area contributed by atoms with Gasteiger partial charge in [0.2, 0.25) is 10.0 Å². The van der Waals surface area contributed by atoms with Crippen LogP contribution in [0.25, 0.3) is 10.9 Å². The Labute approximate surface area is 158 Å². The highest BCUT2D eigenvalue weighted by atomic mass is 32.2. The molecular formula is C19H23N3O4S. The van der Waals surface area contributed by atoms with Gasteiger partial charge in [-0.1, -0.05) is 0 Å². The number of aromatic nitrogens is 1. The van der Waals surface area contributed by atoms with Crippen molar-refractivity contribution in [1.29, 1.82) is 0 Å². The van der Waals surface area contributed by atoms with E-state index in [-0.39, 0.29) is 16.8 Å². The fourth-order valence-electron chi connectivity index (χ4n) is 3.00. The zero-order valence-corrected chi connectivity index (χ0v) is 16.6. The molecule has 1 atom stereocenters. The van der Waals surface area contributed by atoms with Crippen LogP contribution in [0.2, 0.25) is 0 Å². The first kappa shape index (κ1) is 19.2. The molecule has 1 N–H and O–H groups in total. The molecule has 0 aliphatic heterocycles. The Kier molecular flexibility index (Phi) is 5.12. The van der Waals surface area contributed by atoms with Crippen LogP contribution in [0.15, 0.2) is 52.0 Å². The predicted octanol–water partition coefficient (Wildman–Crippen LogP) is 2.38. The third kappa shape index (κ3) is 3.77. The topological polar surface area (TPSA) is 84.5 Å². The number of aryl methyl sites for hydroxylation is 1. The minimum atomic E-state index is -3.53. The summed E-state index contributed by atoms with van der Waals surface area (Å²) in [5.74, 6) is 0.586. The summed E-state index contributed by atoms with van der Waals surface area (Å²) in [6, 6.07) is 10.1. The van der Waals surface area contributed by atoms with Crippen molar-refractivity contribution in [3.8, 4) is 0 Å². The third-order valence-electron chi connectivity index (χ3n) is 4.49. The summed E-state index contributed by atoms with van der Waals surface area (Å²) in [6.45, 7) is 1.91. The standard InChI is InChI=1S/C19H23N3O4S/c1-13(10-15-6-5-9-26-15)20-19(23)18-12-14-11-16(27(24,25)21(2)3)7-8-17(14)22(18)4/h5-9,11-13H,10H2,1-4H3,(H,20,23)/t13-/m0/s1. The van der Waals surface area contributed by atoms with E-state index in [2.05, 4.69) is 5.32 Å². The highest BCUT2D eigenvalue weighted by Crippen LogP contribution is 2.24. The molecule has 0 aliphatic rings. The molecule has 7 nitrogen and oxygen atoms in total. The molecule has 0 saturated heterocycles. The first-order valence-corrected chi connectivity index (χ1v) is 9.99. The monoisotopic (exact) mass is 389 g/mol. The molecule has 3 aromatic rings. The number of nitrogens with zero attached hydrogens (tertiary/aromatic N) is 2. The van der Waals surface area contributed by atoms with Gasteiger partial charge in [-0.15, -0.1) is 0 Å². The molecule has 2 aromatic heterocycles. The maximum atomic E-state index is 12.7. The van der Waals surface area contributed by atoms with Crippen LogP contribution in [-0.2, 0) is 23.5 Å². The zero-order valence-electron chi connectivity index (χ0n) is 15.8. The molecule has 0 bridgehead atoms. The number of carbonyl (C=O) groups excluding carboxylic acids is 1. The van der Waals surface area contributed by atoms with Crippen molar-refractivity contribution in [3.05, 3.63) is 54.1 Å². The van der Waals surface area contributed by atoms with Crippen molar-refractivity contribution in [3.63, 3.8) is 0 Å². The second-order valence-corrected chi connectivity index (χ2v) is 8.91. The summed E-state index contributed by atoms with van der Waals surface area (Å²) in [6.07, 6.45) is 2.20. The van der Waals surface area contributed by atoms with E-state index in [0.29, 0.717) is 17.5 Å². The largest absolute Gasteiger partial charge is 0.469 e. The molecule has 0 fully saturated rings. The Morgan fingerprint density at radius 2 is 2.00 bits per heavy atom. The maximum Gasteiger partial charge on any atom is 0.268 e. The Hall–Kier alpha value is -2.58. The van der Waals surface area contributed by atoms with Crippen LogP contribution < -0.4 is 5.32 Å². The first-order valence-electron chi connectivity index (χ1n) is 8.55. The van der Waals surface area contributed by atoms with Gasteiger partial charge in [0.25, 0.3) is 5.91 Å². The van der Waals surface area contributed by atoms with Crippen LogP contribution in [-0.4, -0.2) is 43.3 Å². The van der Waals surface area contributed by atoms with E-state index >= 15 is 0 Å². The number of hydrogen-bond donors (Lipinski definition) is 1. The minimum absolute atomic E-state index is 0.105. The second-order valence-electron chi connectivity index (χ2n) is 6.75. The van der Waals surface area contributed by atoms with E-state index in [9.17, 15) is 13.2 Å². The summed E-state index contributed by atoms with van der Waals surface area (Å²) >= 11 is 0. The van der Waals surface area contributed by atoms with E-state index in [1.807, 2.05) is 19.1 Å². The lowest BCUT2D eigenvalue weighted by Gasteiger charge is -2.13. The highest BCUT2D eigenvalue weighted by Gasteiger charge is 2.20. The number of rotatable bonds is 6. The molecule has 144 valence electrons. The van der Waals surface area contributed by atoms with Crippen molar-refractivity contribution in [1.82, 2.24) is 14.2 Å². The number of furan rings is 1. The quantitative estimate of drug-likeness (QED) is 0.701. The maximum absolute atomic E-state index is 12.7. The van der Waals surface area contributed by atoms with Gasteiger partial charge in [0.1, 0.15) is 11.5 Å². The number of carbonyl (C=O) groups is 1. The molecular weight excluding hydrogens is 366 g/mol. The van der Waals surface area contributed by atoms with Gasteiger partial charge in [-0.2, -0.15) is 0 Å². The SMILES string of the molecule is C[C@@H](Cc1ccco1)NC(=O)c1cc2cc(S(=O)(=O)N(C)C)ccc2n1C. The first-order chi connectivity index (χ1) is 12.7. The Bertz CT molecular complexity index is 1070. The average molecular weight is 389 g/mol. The average Bonchev–Trinajstić information content (AvgIpc) is 3.22. The lowest BCUT2D eigenvalue weighted by atomic mass is 10.2. The summed E-state index contributed by atoms with van der Waals surface area (Å²) < 4.78 is 32.9. The predicted molar refractivity (Wildman–Crippen MR) is 103 cm³/mol. The Morgan fingerprint density at radius 1 is 1.26 bits per heavy atom. The normalized spacial score (nSPS) is 13.2. The summed E-state index contributed by atoms with van der Waals surface area (Å²) in [7, 11) is 1.24. The molecule has 0 spiro atoms. The Morgan fingerprint density at radius 3 is 2.63 bits per heavy atom. The lowest BCUT2D eigenvalue weighted by molar-refractivity contribution is 0.0931. The van der Waals surface area contributed by atoms with E-state index in [4.69, 9.17) is 4.42 Å². The van der Waals surface area contributed by atoms with E-state index in [1.54, 1.807) is 42.1 Å². The summed E-state index contributed by atoms with van der Waals surface area (Å²) in [4.78, 5) is 12.9. The summed E-state index contributed by atoms with van der Waals surface area (Å²) in [5.41, 5.74) is 1.26. The molecule has 1 aromatic carbocycles. The number of amides is 1. The van der Waals surface area contributed by atoms with Crippen molar-refractivity contribution >= 4 is 26.8 Å². The molecule has 0 saturated carbocycles. The van der Waals surface area contributed by atoms with Crippen LogP contribution in [0.5, 0.6) is 0 Å². The van der Waals surface area contributed by atoms with Crippen molar-refractivity contribution in [2.45, 2.75) is 24.3 Å². The van der Waals surface area contributed by atoms with E-state index in [1.165, 1.54) is 18.4 Å². The molecule has 1 amide bonds. The fraction of sp³-hybridized carbons (Fsp3) is 0.316. The van der Waals surface area contributed by atoms with Gasteiger partial charge in [0.05, 0.1) is 11.2 Å². The van der Waals surface area contributed by atoms with Crippen LogP contribution in [0.1, 0.15) is 23.2 Å². The van der Waals surface area contributed by atoms with E-state index in [0.717, 1.165) is 11.3 Å². The van der Waals surface area contributed by atoms with E-state index < -0.39 is 10.0 Å². The van der Waals surface area contributed by atoms with Gasteiger partial charge in [0.15, 0.2) is 0 Å². The highest BCUT2D eigenvalue weighted by molar-refractivity contribution is 7.89. The smallest absolute Gasteiger partial charge is 0.268 e. The van der Waals surface area contributed by atoms with Crippen molar-refractivity contribution in [2.24, 2.45) is 7.05 Å². The summed E-state index contributed by atoms with van der Waals surface area (Å²) in [5, 5.41) is 3.65. The minimum Gasteiger partial charge on any atom is -0.469 e. The van der Waals surface area contributed by atoms with Gasteiger partial charge in [0, 0.05) is 44.5 Å². The Balaban J connectivity index is 1.86. The number of hydrogen-bond acceptors (Lipinski definition) is 4. The molecule has 0 unspecified atom stereocenters. The lowest BCUT2D eigenvalue weighted by Crippen LogP contribution is -2.35. The molecule has 3 rings (SSSR count). The van der Waals surface area contributed by atoms with Gasteiger partial charge < -0.3 is 14.3 Å². The van der Waals surface area contributed by atoms with Crippen LogP contribution in [0.3, 0.4) is 0 Å². The molecule has 0 aliphatic carbocycles. The van der Waals surface area contributed by atoms with Gasteiger partial charge in [-0.25, -0.2) is 12.7 Å². The number of nitrogens with one attached hydrogen (secondary N) is 1. The molecule has 8 heteroatoms. The third-order valence-corrected chi connectivity index (χ3v) is 6.30. The second kappa shape index (κ2) is 7.21. The fourth-order valence-corrected chi connectivity index (χ4v) is 3.93. The number of fused-ring (bicyclic) bond motifs is 1. The number of benzene rings is 1. The van der Waals surface area contributed by atoms with Crippen LogP contribution >= 0.6 is 0 Å². The van der Waals surface area contributed by atoms with Crippen molar-refractivity contribution < 1.29 is 17.6 Å². The van der Waals surface area contributed by atoms with Gasteiger partial charge in [-0.05, 0) is 43.3 Å². The molecule has 27 heavy (non-hydrogen) atoms. The zero-order chi connectivity index (χ0) is 19.8. The van der Waals surface area contributed by atoms with Crippen LogP contribution in [0.4, 0.5) is 0 Å². The molecule has 2 heterocycles. The van der Waals surface area contributed by atoms with Crippen molar-refractivity contribution in [2.75, 3.05) is 14.1 Å². The van der Waals surface area contributed by atoms with Gasteiger partial charge >= 0.3 is 0 Å². The van der Waals surface area contributed by atoms with Gasteiger partial charge in [-0.3, -0.25) is 4.79 Å². The molecule has 0 radical (unpaired) electrons.